The number of aromatic hydroxyl groups is 1. The maximum absolute atomic E-state index is 12.0. The molecule has 0 unspecified atom stereocenters. The molecule has 8 nitrogen and oxygen atoms in total. The van der Waals surface area contributed by atoms with Gasteiger partial charge in [0.15, 0.2) is 5.96 Å². The minimum absolute atomic E-state index is 0.131. The average Bonchev–Trinajstić information content (AvgIpc) is 2.67. The number of carbonyl (C=O) groups is 1. The van der Waals surface area contributed by atoms with Gasteiger partial charge in [-0.05, 0) is 71.6 Å². The molecule has 2 rings (SSSR count). The van der Waals surface area contributed by atoms with Gasteiger partial charge < -0.3 is 30.5 Å². The van der Waals surface area contributed by atoms with E-state index in [0.29, 0.717) is 23.8 Å². The lowest BCUT2D eigenvalue weighted by Crippen LogP contribution is -2.48. The first-order valence-corrected chi connectivity index (χ1v) is 10.6. The van der Waals surface area contributed by atoms with Crippen LogP contribution in [-0.4, -0.2) is 48.5 Å². The van der Waals surface area contributed by atoms with E-state index in [2.05, 4.69) is 20.9 Å². The van der Waals surface area contributed by atoms with Crippen LogP contribution in [0.1, 0.15) is 58.9 Å². The number of methoxy groups -OCH3 is 1. The molecule has 30 heavy (non-hydrogen) atoms. The molecule has 1 aliphatic rings. The van der Waals surface area contributed by atoms with E-state index in [-0.39, 0.29) is 23.9 Å². The van der Waals surface area contributed by atoms with Gasteiger partial charge >= 0.3 is 6.09 Å². The second-order valence-corrected chi connectivity index (χ2v) is 8.53. The number of hydrogen-bond acceptors (Lipinski definition) is 5. The Bertz CT molecular complexity index is 722. The molecule has 0 saturated heterocycles. The van der Waals surface area contributed by atoms with Gasteiger partial charge in [-0.3, -0.25) is 0 Å². The number of ether oxygens (including phenoxy) is 2. The van der Waals surface area contributed by atoms with Crippen molar-refractivity contribution in [2.45, 2.75) is 77.6 Å². The molecule has 1 fully saturated rings. The van der Waals surface area contributed by atoms with Crippen LogP contribution in [-0.2, 0) is 11.3 Å². The highest BCUT2D eigenvalue weighted by Crippen LogP contribution is 2.24. The molecular formula is C22H36N4O4. The second-order valence-electron chi connectivity index (χ2n) is 8.53. The van der Waals surface area contributed by atoms with Gasteiger partial charge in [-0.1, -0.05) is 0 Å². The second kappa shape index (κ2) is 10.9. The lowest BCUT2D eigenvalue weighted by Gasteiger charge is -2.31. The van der Waals surface area contributed by atoms with E-state index in [0.717, 1.165) is 32.2 Å². The fourth-order valence-electron chi connectivity index (χ4n) is 3.35. The molecular weight excluding hydrogens is 384 g/mol. The number of guanidine groups is 1. The lowest BCUT2D eigenvalue weighted by molar-refractivity contribution is 0.0490. The summed E-state index contributed by atoms with van der Waals surface area (Å²) in [6.45, 7) is 8.68. The third-order valence-corrected chi connectivity index (χ3v) is 4.83. The summed E-state index contributed by atoms with van der Waals surface area (Å²) in [7, 11) is 1.60. The van der Waals surface area contributed by atoms with Gasteiger partial charge in [-0.2, -0.15) is 0 Å². The van der Waals surface area contributed by atoms with E-state index in [1.165, 1.54) is 0 Å². The number of nitrogens with one attached hydrogen (secondary N) is 3. The number of benzene rings is 1. The zero-order valence-electron chi connectivity index (χ0n) is 18.7. The van der Waals surface area contributed by atoms with E-state index in [4.69, 9.17) is 9.47 Å². The highest BCUT2D eigenvalue weighted by atomic mass is 16.6. The van der Waals surface area contributed by atoms with Crippen LogP contribution in [0.25, 0.3) is 0 Å². The van der Waals surface area contributed by atoms with E-state index in [1.54, 1.807) is 25.3 Å². The number of aliphatic imine (C=N–C) groups is 1. The summed E-state index contributed by atoms with van der Waals surface area (Å²) in [5, 5.41) is 19.7. The summed E-state index contributed by atoms with van der Waals surface area (Å²) < 4.78 is 10.6. The lowest BCUT2D eigenvalue weighted by atomic mass is 9.91. The number of phenols is 1. The van der Waals surface area contributed by atoms with Crippen LogP contribution in [0.5, 0.6) is 11.5 Å². The van der Waals surface area contributed by atoms with Gasteiger partial charge in [-0.15, -0.1) is 0 Å². The number of hydrogen-bond donors (Lipinski definition) is 4. The molecule has 4 N–H and O–H groups in total. The third-order valence-electron chi connectivity index (χ3n) is 4.83. The largest absolute Gasteiger partial charge is 0.508 e. The zero-order chi connectivity index (χ0) is 22.1. The van der Waals surface area contributed by atoms with E-state index >= 15 is 0 Å². The van der Waals surface area contributed by atoms with Crippen LogP contribution < -0.4 is 20.7 Å². The third kappa shape index (κ3) is 8.00. The number of carbonyl (C=O) groups excluding carboxylic acids is 1. The summed E-state index contributed by atoms with van der Waals surface area (Å²) in [4.78, 5) is 16.6. The van der Waals surface area contributed by atoms with E-state index in [9.17, 15) is 9.90 Å². The summed E-state index contributed by atoms with van der Waals surface area (Å²) in [6.07, 6.45) is 3.26. The molecule has 8 heteroatoms. The number of rotatable bonds is 6. The van der Waals surface area contributed by atoms with Crippen molar-refractivity contribution in [1.82, 2.24) is 16.0 Å². The van der Waals surface area contributed by atoms with Crippen molar-refractivity contribution in [2.75, 3.05) is 13.7 Å². The number of nitrogens with zero attached hydrogens (tertiary/aromatic N) is 1. The number of phenolic OH excluding ortho intramolecular Hbond substituents is 1. The number of amides is 1. The quantitative estimate of drug-likeness (QED) is 0.416. The molecule has 0 heterocycles. The molecule has 1 aromatic carbocycles. The Morgan fingerprint density at radius 2 is 1.80 bits per heavy atom. The maximum atomic E-state index is 12.0. The van der Waals surface area contributed by atoms with Crippen molar-refractivity contribution in [3.8, 4) is 11.5 Å². The van der Waals surface area contributed by atoms with Gasteiger partial charge in [0.05, 0.1) is 13.7 Å². The minimum atomic E-state index is -0.489. The predicted octanol–water partition coefficient (Wildman–Crippen LogP) is 3.29. The van der Waals surface area contributed by atoms with Gasteiger partial charge in [0.25, 0.3) is 0 Å². The SMILES string of the molecule is CCNC(=NCc1cc(OC)ccc1O)NC1CCC(NC(=O)OC(C)(C)C)CC1. The topological polar surface area (TPSA) is 104 Å². The Labute approximate surface area is 179 Å². The van der Waals surface area contributed by atoms with E-state index in [1.807, 2.05) is 27.7 Å². The average molecular weight is 421 g/mol. The smallest absolute Gasteiger partial charge is 0.407 e. The van der Waals surface area contributed by atoms with Crippen LogP contribution in [0, 0.1) is 0 Å². The highest BCUT2D eigenvalue weighted by molar-refractivity contribution is 5.80. The van der Waals surface area contributed by atoms with Gasteiger partial charge in [0.2, 0.25) is 0 Å². The molecule has 0 spiro atoms. The molecule has 168 valence electrons. The molecule has 0 bridgehead atoms. The van der Waals surface area contributed by atoms with Crippen molar-refractivity contribution >= 4 is 12.1 Å². The van der Waals surface area contributed by atoms with Gasteiger partial charge in [0.1, 0.15) is 17.1 Å². The molecule has 0 radical (unpaired) electrons. The van der Waals surface area contributed by atoms with Crippen molar-refractivity contribution in [2.24, 2.45) is 4.99 Å². The van der Waals surface area contributed by atoms with Crippen LogP contribution in [0.4, 0.5) is 4.79 Å². The van der Waals surface area contributed by atoms with Crippen LogP contribution in [0.2, 0.25) is 0 Å². The van der Waals surface area contributed by atoms with Crippen LogP contribution in [0.15, 0.2) is 23.2 Å². The summed E-state index contributed by atoms with van der Waals surface area (Å²) >= 11 is 0. The molecule has 1 aromatic rings. The predicted molar refractivity (Wildman–Crippen MR) is 118 cm³/mol. The van der Waals surface area contributed by atoms with Crippen molar-refractivity contribution in [3.63, 3.8) is 0 Å². The summed E-state index contributed by atoms with van der Waals surface area (Å²) in [5.74, 6) is 1.60. The Kier molecular flexibility index (Phi) is 8.62. The minimum Gasteiger partial charge on any atom is -0.508 e. The van der Waals surface area contributed by atoms with Crippen molar-refractivity contribution in [1.29, 1.82) is 0 Å². The fraction of sp³-hybridized carbons (Fsp3) is 0.636. The first-order valence-electron chi connectivity index (χ1n) is 10.6. The van der Waals surface area contributed by atoms with Crippen LogP contribution in [0.3, 0.4) is 0 Å². The normalized spacial score (nSPS) is 19.7. The molecule has 1 amide bonds. The maximum Gasteiger partial charge on any atom is 0.407 e. The Hall–Kier alpha value is -2.64. The molecule has 1 saturated carbocycles. The standard InChI is InChI=1S/C22H36N4O4/c1-6-23-20(24-14-15-13-18(29-5)11-12-19(15)27)25-16-7-9-17(10-8-16)26-21(28)30-22(2,3)4/h11-13,16-17,27H,6-10,14H2,1-5H3,(H,26,28)(H2,23,24,25). The van der Waals surface area contributed by atoms with Gasteiger partial charge in [0, 0.05) is 24.2 Å². The molecule has 0 aliphatic heterocycles. The number of alkyl carbamates (subject to hydrolysis) is 1. The van der Waals surface area contributed by atoms with Crippen LogP contribution >= 0.6 is 0 Å². The molecule has 0 aromatic heterocycles. The fourth-order valence-corrected chi connectivity index (χ4v) is 3.35. The van der Waals surface area contributed by atoms with E-state index < -0.39 is 5.60 Å². The van der Waals surface area contributed by atoms with Gasteiger partial charge in [-0.25, -0.2) is 9.79 Å². The first kappa shape index (κ1) is 23.6. The first-order chi connectivity index (χ1) is 14.2. The summed E-state index contributed by atoms with van der Waals surface area (Å²) in [6, 6.07) is 5.53. The molecule has 0 atom stereocenters. The highest BCUT2D eigenvalue weighted by Gasteiger charge is 2.25. The Morgan fingerprint density at radius 1 is 1.17 bits per heavy atom. The summed E-state index contributed by atoms with van der Waals surface area (Å²) in [5.41, 5.74) is 0.217. The Morgan fingerprint density at radius 3 is 2.37 bits per heavy atom. The van der Waals surface area contributed by atoms with Crippen molar-refractivity contribution in [3.05, 3.63) is 23.8 Å². The zero-order valence-corrected chi connectivity index (χ0v) is 18.7. The van der Waals surface area contributed by atoms with Crippen molar-refractivity contribution < 1.29 is 19.4 Å². The molecule has 1 aliphatic carbocycles. The monoisotopic (exact) mass is 420 g/mol. The Balaban J connectivity index is 1.87.